The third-order valence-electron chi connectivity index (χ3n) is 1.20. The quantitative estimate of drug-likeness (QED) is 0.637. The summed E-state index contributed by atoms with van der Waals surface area (Å²) < 4.78 is 1.70. The minimum atomic E-state index is 0.362. The predicted molar refractivity (Wildman–Crippen MR) is 36.9 cm³/mol. The van der Waals surface area contributed by atoms with Gasteiger partial charge in [0.05, 0.1) is 12.5 Å². The Bertz CT molecular complexity index is 219. The van der Waals surface area contributed by atoms with Gasteiger partial charge < -0.3 is 10.3 Å². The number of anilines is 1. The summed E-state index contributed by atoms with van der Waals surface area (Å²) in [6, 6.07) is 0. The van der Waals surface area contributed by atoms with Gasteiger partial charge in [-0.15, -0.1) is 0 Å². The molecule has 0 atom stereocenters. The van der Waals surface area contributed by atoms with E-state index in [9.17, 15) is 4.79 Å². The molecule has 0 fully saturated rings. The topological polar surface area (TPSA) is 60.9 Å². The number of carbonyl (C=O) groups excluding carboxylic acids is 1. The lowest BCUT2D eigenvalue weighted by Gasteiger charge is -1.98. The average molecular weight is 138 g/mol. The van der Waals surface area contributed by atoms with E-state index < -0.39 is 0 Å². The molecule has 4 nitrogen and oxygen atoms in total. The van der Waals surface area contributed by atoms with Gasteiger partial charge in [0.2, 0.25) is 0 Å². The van der Waals surface area contributed by atoms with Crippen LogP contribution in [0.4, 0.5) is 5.82 Å². The highest BCUT2D eigenvalue weighted by Crippen LogP contribution is 1.99. The van der Waals surface area contributed by atoms with Gasteiger partial charge in [-0.2, -0.15) is 0 Å². The number of aryl methyl sites for hydroxylation is 1. The van der Waals surface area contributed by atoms with Crippen molar-refractivity contribution >= 4 is 12.1 Å². The largest absolute Gasteiger partial charge is 0.384 e. The maximum Gasteiger partial charge on any atom is 0.200 e. The zero-order chi connectivity index (χ0) is 7.40. The molecule has 0 aliphatic carbocycles. The van der Waals surface area contributed by atoms with Crippen LogP contribution in [0.1, 0.15) is 6.42 Å². The van der Waals surface area contributed by atoms with E-state index in [1.165, 1.54) is 0 Å². The van der Waals surface area contributed by atoms with Crippen LogP contribution in [-0.2, 0) is 11.3 Å². The van der Waals surface area contributed by atoms with Crippen LogP contribution in [0.3, 0.4) is 0 Å². The molecule has 0 aromatic carbocycles. The molecule has 0 spiro atoms. The van der Waals surface area contributed by atoms with Gasteiger partial charge in [0.15, 0.2) is 6.29 Å². The molecule has 10 heavy (non-hydrogen) atoms. The van der Waals surface area contributed by atoms with Gasteiger partial charge >= 0.3 is 0 Å². The summed E-state index contributed by atoms with van der Waals surface area (Å²) in [6.07, 6.45) is 5.28. The minimum Gasteiger partial charge on any atom is -0.384 e. The zero-order valence-corrected chi connectivity index (χ0v) is 5.45. The third-order valence-corrected chi connectivity index (χ3v) is 1.20. The summed E-state index contributed by atoms with van der Waals surface area (Å²) in [5, 5.41) is 0. The lowest BCUT2D eigenvalue weighted by molar-refractivity contribution is 0.544. The maximum atomic E-state index is 9.81. The van der Waals surface area contributed by atoms with E-state index in [0.717, 1.165) is 0 Å². The van der Waals surface area contributed by atoms with Crippen LogP contribution >= 0.6 is 0 Å². The Kier molecular flexibility index (Phi) is 2.04. The first kappa shape index (κ1) is 6.80. The first-order valence-corrected chi connectivity index (χ1v) is 2.95. The Morgan fingerprint density at radius 3 is 3.10 bits per heavy atom. The minimum absolute atomic E-state index is 0.362. The molecule has 0 saturated carbocycles. The first-order chi connectivity index (χ1) is 4.84. The van der Waals surface area contributed by atoms with Gasteiger partial charge in [-0.25, -0.2) is 4.98 Å². The van der Waals surface area contributed by atoms with Gasteiger partial charge in [0.1, 0.15) is 5.82 Å². The number of nitrogens with zero attached hydrogens (tertiary/aromatic N) is 2. The number of hydrogen-bond acceptors (Lipinski definition) is 3. The molecule has 4 heteroatoms. The molecule has 0 bridgehead atoms. The second-order valence-electron chi connectivity index (χ2n) is 1.91. The Morgan fingerprint density at radius 2 is 2.60 bits per heavy atom. The van der Waals surface area contributed by atoms with Crippen molar-refractivity contribution < 1.29 is 4.79 Å². The van der Waals surface area contributed by atoms with E-state index in [1.54, 1.807) is 23.4 Å². The van der Waals surface area contributed by atoms with Crippen molar-refractivity contribution in [3.63, 3.8) is 0 Å². The molecule has 1 aromatic rings. The molecular formula is C6H8N3O. The molecule has 53 valence electrons. The number of aromatic nitrogens is 2. The van der Waals surface area contributed by atoms with Gasteiger partial charge in [-0.05, 0) is 0 Å². The van der Waals surface area contributed by atoms with Crippen LogP contribution in [0, 0.1) is 0 Å². The van der Waals surface area contributed by atoms with E-state index in [4.69, 9.17) is 5.73 Å². The van der Waals surface area contributed by atoms with E-state index in [2.05, 4.69) is 4.98 Å². The molecule has 0 unspecified atom stereocenters. The number of nitrogens with two attached hydrogens (primary N) is 1. The highest BCUT2D eigenvalue weighted by Gasteiger charge is 1.94. The fourth-order valence-electron chi connectivity index (χ4n) is 0.684. The lowest BCUT2D eigenvalue weighted by Crippen LogP contribution is -2.01. The van der Waals surface area contributed by atoms with Crippen molar-refractivity contribution in [1.29, 1.82) is 0 Å². The number of hydrogen-bond donors (Lipinski definition) is 1. The highest BCUT2D eigenvalue weighted by molar-refractivity contribution is 5.50. The molecular weight excluding hydrogens is 130 g/mol. The second-order valence-corrected chi connectivity index (χ2v) is 1.91. The van der Waals surface area contributed by atoms with E-state index in [-0.39, 0.29) is 0 Å². The molecule has 1 radical (unpaired) electrons. The van der Waals surface area contributed by atoms with Crippen LogP contribution in [-0.4, -0.2) is 15.8 Å². The molecule has 2 N–H and O–H groups in total. The number of nitrogen functional groups attached to an aromatic ring is 1. The highest BCUT2D eigenvalue weighted by atomic mass is 16.1. The summed E-state index contributed by atoms with van der Waals surface area (Å²) in [4.78, 5) is 13.6. The smallest absolute Gasteiger partial charge is 0.200 e. The molecule has 1 aromatic heterocycles. The van der Waals surface area contributed by atoms with Crippen molar-refractivity contribution in [2.45, 2.75) is 13.0 Å². The molecule has 1 heterocycles. The fourth-order valence-corrected chi connectivity index (χ4v) is 0.684. The fraction of sp³-hybridized carbons (Fsp3) is 0.333. The summed E-state index contributed by atoms with van der Waals surface area (Å²) in [6.45, 7) is 0.565. The molecule has 0 aliphatic rings. The van der Waals surface area contributed by atoms with Crippen LogP contribution in [0.5, 0.6) is 0 Å². The number of rotatable bonds is 3. The summed E-state index contributed by atoms with van der Waals surface area (Å²) in [5.74, 6) is 0.579. The Labute approximate surface area is 58.7 Å². The zero-order valence-electron chi connectivity index (χ0n) is 5.45. The summed E-state index contributed by atoms with van der Waals surface area (Å²) in [7, 11) is 0. The maximum absolute atomic E-state index is 9.81. The van der Waals surface area contributed by atoms with Crippen molar-refractivity contribution in [2.24, 2.45) is 0 Å². The lowest BCUT2D eigenvalue weighted by atomic mass is 10.5. The number of imidazole rings is 1. The normalized spacial score (nSPS) is 9.60. The van der Waals surface area contributed by atoms with Gasteiger partial charge in [0.25, 0.3) is 0 Å². The van der Waals surface area contributed by atoms with Crippen molar-refractivity contribution in [1.82, 2.24) is 9.55 Å². The standard InChI is InChI=1S/C6H8N3O/c7-6-4-8-5-9(6)2-1-3-10/h4-5H,1-2,7H2. The third kappa shape index (κ3) is 1.34. The average Bonchev–Trinajstić information content (AvgIpc) is 2.31. The van der Waals surface area contributed by atoms with Gasteiger partial charge in [-0.3, -0.25) is 4.79 Å². The summed E-state index contributed by atoms with van der Waals surface area (Å²) >= 11 is 0. The Balaban J connectivity index is 2.56. The van der Waals surface area contributed by atoms with Crippen LogP contribution in [0.15, 0.2) is 12.5 Å². The van der Waals surface area contributed by atoms with Crippen LogP contribution in [0.2, 0.25) is 0 Å². The predicted octanol–water partition coefficient (Wildman–Crippen LogP) is -0.0349. The van der Waals surface area contributed by atoms with Crippen molar-refractivity contribution in [2.75, 3.05) is 5.73 Å². The molecule has 0 aliphatic heterocycles. The second kappa shape index (κ2) is 3.00. The molecule has 0 saturated heterocycles. The van der Waals surface area contributed by atoms with Gasteiger partial charge in [-0.1, -0.05) is 0 Å². The Morgan fingerprint density at radius 1 is 1.80 bits per heavy atom. The van der Waals surface area contributed by atoms with Crippen LogP contribution in [0.25, 0.3) is 0 Å². The van der Waals surface area contributed by atoms with Crippen molar-refractivity contribution in [3.8, 4) is 0 Å². The van der Waals surface area contributed by atoms with E-state index >= 15 is 0 Å². The first-order valence-electron chi connectivity index (χ1n) is 2.95. The molecule has 0 amide bonds. The van der Waals surface area contributed by atoms with Crippen molar-refractivity contribution in [3.05, 3.63) is 12.5 Å². The van der Waals surface area contributed by atoms with E-state index in [1.807, 2.05) is 0 Å². The van der Waals surface area contributed by atoms with Gasteiger partial charge in [0, 0.05) is 13.0 Å². The molecule has 1 rings (SSSR count). The van der Waals surface area contributed by atoms with Crippen LogP contribution < -0.4 is 5.73 Å². The Hall–Kier alpha value is -1.32. The SMILES string of the molecule is Nc1cncn1CC[C]=O. The summed E-state index contributed by atoms with van der Waals surface area (Å²) in [5.41, 5.74) is 5.45. The van der Waals surface area contributed by atoms with E-state index in [0.29, 0.717) is 18.8 Å². The monoisotopic (exact) mass is 138 g/mol.